The number of hydrogen-bond acceptors (Lipinski definition) is 6. The van der Waals surface area contributed by atoms with Crippen molar-refractivity contribution in [2.24, 2.45) is 21.8 Å². The maximum Gasteiger partial charge on any atom is 0.289 e. The Hall–Kier alpha value is -2.45. The van der Waals surface area contributed by atoms with E-state index in [1.54, 1.807) is 0 Å². The van der Waals surface area contributed by atoms with Crippen LogP contribution >= 0.6 is 0 Å². The molecule has 0 N–H and O–H groups in total. The number of fused-ring (bicyclic) bond motifs is 1. The molecule has 3 atom stereocenters. The Balaban J connectivity index is 1.47. The zero-order valence-corrected chi connectivity index (χ0v) is 14.7. The number of hydrogen-bond donors (Lipinski definition) is 0. The fourth-order valence-corrected chi connectivity index (χ4v) is 3.91. The zero-order chi connectivity index (χ0) is 18.4. The predicted molar refractivity (Wildman–Crippen MR) is 92.6 cm³/mol. The lowest BCUT2D eigenvalue weighted by Crippen LogP contribution is -2.38. The molecule has 9 heteroatoms. The molecule has 0 aliphatic carbocycles. The molecule has 26 heavy (non-hydrogen) atoms. The molecule has 2 fully saturated rings. The van der Waals surface area contributed by atoms with E-state index in [0.717, 1.165) is 0 Å². The zero-order valence-electron chi connectivity index (χ0n) is 14.7. The first-order chi connectivity index (χ1) is 12.5. The Bertz CT molecular complexity index is 796. The summed E-state index contributed by atoms with van der Waals surface area (Å²) in [6, 6.07) is 0. The van der Waals surface area contributed by atoms with E-state index in [-0.39, 0.29) is 11.5 Å². The molecular formula is C17H20F2N6O. The second-order valence-corrected chi connectivity index (χ2v) is 7.01. The Morgan fingerprint density at radius 1 is 1.12 bits per heavy atom. The highest BCUT2D eigenvalue weighted by Crippen LogP contribution is 2.35. The average molecular weight is 362 g/mol. The van der Waals surface area contributed by atoms with Gasteiger partial charge < -0.3 is 9.80 Å². The lowest BCUT2D eigenvalue weighted by Gasteiger charge is -2.24. The van der Waals surface area contributed by atoms with E-state index in [1.165, 1.54) is 13.3 Å². The SMILES string of the molecule is CCc1ncnc(N2CC3CN(C4=NC(=O)C(F)C(C)=N4)CC3C2)c1F. The second-order valence-electron chi connectivity index (χ2n) is 7.01. The van der Waals surface area contributed by atoms with E-state index in [1.807, 2.05) is 16.7 Å². The minimum atomic E-state index is -1.73. The lowest BCUT2D eigenvalue weighted by atomic mass is 10.0. The first-order valence-corrected chi connectivity index (χ1v) is 8.79. The number of halogens is 2. The van der Waals surface area contributed by atoms with Crippen molar-refractivity contribution < 1.29 is 13.6 Å². The number of aromatic nitrogens is 2. The topological polar surface area (TPSA) is 74.1 Å². The van der Waals surface area contributed by atoms with Crippen molar-refractivity contribution >= 4 is 23.4 Å². The highest BCUT2D eigenvalue weighted by atomic mass is 19.1. The van der Waals surface area contributed by atoms with E-state index < -0.39 is 12.1 Å². The van der Waals surface area contributed by atoms with Crippen molar-refractivity contribution in [3.8, 4) is 0 Å². The molecule has 3 unspecified atom stereocenters. The summed E-state index contributed by atoms with van der Waals surface area (Å²) in [6.45, 7) is 6.03. The minimum Gasteiger partial charge on any atom is -0.353 e. The molecule has 138 valence electrons. The monoisotopic (exact) mass is 362 g/mol. The van der Waals surface area contributed by atoms with Gasteiger partial charge in [0.15, 0.2) is 11.6 Å². The third-order valence-electron chi connectivity index (χ3n) is 5.32. The van der Waals surface area contributed by atoms with Gasteiger partial charge in [0.1, 0.15) is 6.33 Å². The van der Waals surface area contributed by atoms with Gasteiger partial charge in [-0.1, -0.05) is 6.92 Å². The standard InChI is InChI=1S/C17H20F2N6O/c1-3-12-14(19)15(21-8-20-12)24-4-10-6-25(7-11(10)5-24)17-22-9(2)13(18)16(26)23-17/h8,10-11,13H,3-7H2,1-2H3. The summed E-state index contributed by atoms with van der Waals surface area (Å²) in [5, 5.41) is 0. The summed E-state index contributed by atoms with van der Waals surface area (Å²) in [4.78, 5) is 31.5. The van der Waals surface area contributed by atoms with Crippen LogP contribution in [0.2, 0.25) is 0 Å². The molecule has 1 aromatic rings. The fraction of sp³-hybridized carbons (Fsp3) is 0.588. The molecule has 1 aromatic heterocycles. The van der Waals surface area contributed by atoms with Crippen LogP contribution in [-0.2, 0) is 11.2 Å². The van der Waals surface area contributed by atoms with Gasteiger partial charge in [0, 0.05) is 38.0 Å². The number of rotatable bonds is 2. The summed E-state index contributed by atoms with van der Waals surface area (Å²) in [6.07, 6.45) is 0.200. The Kier molecular flexibility index (Phi) is 4.16. The first-order valence-electron chi connectivity index (χ1n) is 8.79. The van der Waals surface area contributed by atoms with Crippen LogP contribution < -0.4 is 4.90 Å². The van der Waals surface area contributed by atoms with Gasteiger partial charge in [0.05, 0.1) is 11.4 Å². The Morgan fingerprint density at radius 3 is 2.38 bits per heavy atom. The van der Waals surface area contributed by atoms with Crippen molar-refractivity contribution in [2.75, 3.05) is 31.1 Å². The number of anilines is 1. The molecule has 0 spiro atoms. The largest absolute Gasteiger partial charge is 0.353 e. The van der Waals surface area contributed by atoms with Gasteiger partial charge in [0.25, 0.3) is 5.91 Å². The Labute approximate surface area is 149 Å². The smallest absolute Gasteiger partial charge is 0.289 e. The van der Waals surface area contributed by atoms with Crippen molar-refractivity contribution in [3.63, 3.8) is 0 Å². The number of alkyl halides is 1. The van der Waals surface area contributed by atoms with Crippen molar-refractivity contribution in [1.29, 1.82) is 0 Å². The molecular weight excluding hydrogens is 342 g/mol. The molecule has 1 amide bonds. The molecule has 4 heterocycles. The van der Waals surface area contributed by atoms with Crippen LogP contribution in [0.3, 0.4) is 0 Å². The van der Waals surface area contributed by atoms with E-state index in [2.05, 4.69) is 20.0 Å². The fourth-order valence-electron chi connectivity index (χ4n) is 3.91. The second kappa shape index (κ2) is 6.37. The van der Waals surface area contributed by atoms with Crippen molar-refractivity contribution in [3.05, 3.63) is 17.8 Å². The molecule has 3 aliphatic heterocycles. The number of guanidine groups is 1. The first kappa shape index (κ1) is 17.0. The van der Waals surface area contributed by atoms with Crippen LogP contribution in [0, 0.1) is 17.7 Å². The van der Waals surface area contributed by atoms with E-state index in [9.17, 15) is 13.6 Å². The van der Waals surface area contributed by atoms with E-state index >= 15 is 0 Å². The third kappa shape index (κ3) is 2.75. The predicted octanol–water partition coefficient (Wildman–Crippen LogP) is 1.24. The summed E-state index contributed by atoms with van der Waals surface area (Å²) in [5.41, 5.74) is 0.572. The van der Waals surface area contributed by atoms with E-state index in [0.29, 0.717) is 61.9 Å². The Morgan fingerprint density at radius 2 is 1.77 bits per heavy atom. The number of amides is 1. The molecule has 0 saturated carbocycles. The average Bonchev–Trinajstić information content (AvgIpc) is 3.18. The number of likely N-dealkylation sites (tertiary alicyclic amines) is 1. The highest BCUT2D eigenvalue weighted by molar-refractivity contribution is 6.16. The molecule has 0 aromatic carbocycles. The summed E-state index contributed by atoms with van der Waals surface area (Å²) in [7, 11) is 0. The number of aliphatic imine (C=N–C) groups is 2. The summed E-state index contributed by atoms with van der Waals surface area (Å²) >= 11 is 0. The highest BCUT2D eigenvalue weighted by Gasteiger charge is 2.43. The maximum atomic E-state index is 14.5. The van der Waals surface area contributed by atoms with Crippen LogP contribution in [0.15, 0.2) is 16.3 Å². The molecule has 4 rings (SSSR count). The quantitative estimate of drug-likeness (QED) is 0.791. The van der Waals surface area contributed by atoms with Crippen molar-refractivity contribution in [2.45, 2.75) is 26.4 Å². The van der Waals surface area contributed by atoms with Gasteiger partial charge in [-0.05, 0) is 13.3 Å². The van der Waals surface area contributed by atoms with Crippen molar-refractivity contribution in [1.82, 2.24) is 14.9 Å². The molecule has 0 bridgehead atoms. The summed E-state index contributed by atoms with van der Waals surface area (Å²) < 4.78 is 28.0. The van der Waals surface area contributed by atoms with Gasteiger partial charge in [0.2, 0.25) is 12.1 Å². The van der Waals surface area contributed by atoms with Crippen LogP contribution in [0.1, 0.15) is 19.5 Å². The normalized spacial score (nSPS) is 28.3. The van der Waals surface area contributed by atoms with Gasteiger partial charge in [-0.25, -0.2) is 23.7 Å². The number of carbonyl (C=O) groups is 1. The van der Waals surface area contributed by atoms with Gasteiger partial charge in [-0.3, -0.25) is 4.79 Å². The minimum absolute atomic E-state index is 0.147. The van der Waals surface area contributed by atoms with Gasteiger partial charge in [-0.2, -0.15) is 4.99 Å². The van der Waals surface area contributed by atoms with E-state index in [4.69, 9.17) is 0 Å². The maximum absolute atomic E-state index is 14.5. The molecule has 0 radical (unpaired) electrons. The van der Waals surface area contributed by atoms with Crippen LogP contribution in [0.25, 0.3) is 0 Å². The third-order valence-corrected chi connectivity index (χ3v) is 5.32. The number of carbonyl (C=O) groups excluding carboxylic acids is 1. The van der Waals surface area contributed by atoms with Crippen LogP contribution in [0.4, 0.5) is 14.6 Å². The molecule has 3 aliphatic rings. The summed E-state index contributed by atoms with van der Waals surface area (Å²) in [5.74, 6) is 0.113. The molecule has 7 nitrogen and oxygen atoms in total. The molecule has 2 saturated heterocycles. The van der Waals surface area contributed by atoms with Crippen LogP contribution in [-0.4, -0.2) is 64.8 Å². The number of nitrogens with zero attached hydrogens (tertiary/aromatic N) is 6. The number of aryl methyl sites for hydroxylation is 1. The lowest BCUT2D eigenvalue weighted by molar-refractivity contribution is -0.120. The van der Waals surface area contributed by atoms with Gasteiger partial charge in [-0.15, -0.1) is 0 Å². The van der Waals surface area contributed by atoms with Crippen LogP contribution in [0.5, 0.6) is 0 Å². The van der Waals surface area contributed by atoms with Gasteiger partial charge >= 0.3 is 0 Å².